The fraction of sp³-hybridized carbons (Fsp3) is 0.458. The molecule has 164 valence electrons. The molecule has 0 spiro atoms. The summed E-state index contributed by atoms with van der Waals surface area (Å²) in [6.45, 7) is 4.15. The topological polar surface area (TPSA) is 35.6 Å². The van der Waals surface area contributed by atoms with Crippen LogP contribution in [0.15, 0.2) is 54.6 Å². The van der Waals surface area contributed by atoms with Gasteiger partial charge in [0.2, 0.25) is 5.91 Å². The van der Waals surface area contributed by atoms with Crippen LogP contribution in [-0.2, 0) is 17.6 Å². The molecule has 2 atom stereocenters. The van der Waals surface area contributed by atoms with Crippen LogP contribution in [0.25, 0.3) is 0 Å². The molecule has 1 saturated carbocycles. The summed E-state index contributed by atoms with van der Waals surface area (Å²) < 4.78 is 0. The Bertz CT molecular complexity index is 777. The van der Waals surface area contributed by atoms with Crippen LogP contribution in [0.4, 0.5) is 0 Å². The molecular formula is C24H33Cl2N3O. The molecule has 0 radical (unpaired) electrons. The molecule has 1 amide bonds. The Morgan fingerprint density at radius 1 is 0.900 bits per heavy atom. The summed E-state index contributed by atoms with van der Waals surface area (Å²) in [6, 6.07) is 20.2. The summed E-state index contributed by atoms with van der Waals surface area (Å²) >= 11 is 0. The van der Waals surface area contributed by atoms with Crippen molar-refractivity contribution in [2.24, 2.45) is 0 Å². The van der Waals surface area contributed by atoms with E-state index in [2.05, 4.69) is 71.9 Å². The standard InChI is InChI=1S/C24H31N3O.2ClH/c1-26-13-15-27(16-14-26)24(28)18-25-23-17-22(23)21-11-9-20(10-12-21)8-7-19-5-3-2-4-6-19;;/h2-6,9-12,22-23,25H,7-8,13-18H2,1H3;2*1H/t22?,23-;;/m0../s1. The highest BCUT2D eigenvalue weighted by molar-refractivity contribution is 5.85. The summed E-state index contributed by atoms with van der Waals surface area (Å²) in [5, 5.41) is 3.47. The van der Waals surface area contributed by atoms with E-state index < -0.39 is 0 Å². The summed E-state index contributed by atoms with van der Waals surface area (Å²) in [7, 11) is 2.11. The summed E-state index contributed by atoms with van der Waals surface area (Å²) in [4.78, 5) is 16.6. The van der Waals surface area contributed by atoms with Crippen LogP contribution in [0, 0.1) is 0 Å². The number of likely N-dealkylation sites (N-methyl/N-ethyl adjacent to an activating group) is 1. The number of rotatable bonds is 7. The van der Waals surface area contributed by atoms with Crippen LogP contribution in [0.3, 0.4) is 0 Å². The van der Waals surface area contributed by atoms with Gasteiger partial charge in [-0.15, -0.1) is 24.8 Å². The molecule has 2 aromatic rings. The van der Waals surface area contributed by atoms with E-state index in [4.69, 9.17) is 0 Å². The molecule has 1 unspecified atom stereocenters. The van der Waals surface area contributed by atoms with Crippen LogP contribution < -0.4 is 5.32 Å². The molecule has 2 aliphatic rings. The molecule has 2 aromatic carbocycles. The van der Waals surface area contributed by atoms with Crippen LogP contribution in [-0.4, -0.2) is 61.5 Å². The van der Waals surface area contributed by atoms with Crippen LogP contribution in [0.1, 0.15) is 29.0 Å². The maximum absolute atomic E-state index is 12.4. The number of nitrogens with one attached hydrogen (secondary N) is 1. The average molecular weight is 450 g/mol. The zero-order chi connectivity index (χ0) is 19.3. The molecule has 1 aliphatic carbocycles. The van der Waals surface area contributed by atoms with E-state index in [0.29, 0.717) is 18.5 Å². The molecular weight excluding hydrogens is 417 g/mol. The number of carbonyl (C=O) groups is 1. The second-order valence-corrected chi connectivity index (χ2v) is 8.24. The average Bonchev–Trinajstić information content (AvgIpc) is 3.52. The van der Waals surface area contributed by atoms with Gasteiger partial charge in [0.25, 0.3) is 0 Å². The van der Waals surface area contributed by atoms with Crippen molar-refractivity contribution in [2.75, 3.05) is 39.8 Å². The third-order valence-electron chi connectivity index (χ3n) is 6.11. The fourth-order valence-electron chi connectivity index (χ4n) is 4.04. The Morgan fingerprint density at radius 3 is 2.13 bits per heavy atom. The monoisotopic (exact) mass is 449 g/mol. The van der Waals surface area contributed by atoms with E-state index in [0.717, 1.165) is 45.4 Å². The molecule has 6 heteroatoms. The Kier molecular flexibility index (Phi) is 9.63. The van der Waals surface area contributed by atoms with Crippen molar-refractivity contribution in [1.82, 2.24) is 15.1 Å². The third-order valence-corrected chi connectivity index (χ3v) is 6.11. The number of piperazine rings is 1. The number of benzene rings is 2. The number of carbonyl (C=O) groups excluding carboxylic acids is 1. The van der Waals surface area contributed by atoms with E-state index in [9.17, 15) is 4.79 Å². The molecule has 4 nitrogen and oxygen atoms in total. The minimum Gasteiger partial charge on any atom is -0.339 e. The van der Waals surface area contributed by atoms with Gasteiger partial charge in [0.1, 0.15) is 0 Å². The lowest BCUT2D eigenvalue weighted by atomic mass is 10.0. The second-order valence-electron chi connectivity index (χ2n) is 8.24. The van der Waals surface area contributed by atoms with E-state index in [1.165, 1.54) is 16.7 Å². The number of amides is 1. The zero-order valence-corrected chi connectivity index (χ0v) is 19.3. The highest BCUT2D eigenvalue weighted by atomic mass is 35.5. The van der Waals surface area contributed by atoms with Crippen molar-refractivity contribution in [3.8, 4) is 0 Å². The van der Waals surface area contributed by atoms with Gasteiger partial charge < -0.3 is 15.1 Å². The van der Waals surface area contributed by atoms with Crippen molar-refractivity contribution in [3.05, 3.63) is 71.3 Å². The maximum Gasteiger partial charge on any atom is 0.236 e. The van der Waals surface area contributed by atoms with Gasteiger partial charge in [-0.05, 0) is 43.0 Å². The first kappa shape index (κ1) is 24.7. The molecule has 4 rings (SSSR count). The van der Waals surface area contributed by atoms with E-state index in [1.807, 2.05) is 4.90 Å². The van der Waals surface area contributed by atoms with Crippen LogP contribution in [0.5, 0.6) is 0 Å². The Balaban J connectivity index is 0.00000160. The molecule has 1 saturated heterocycles. The van der Waals surface area contributed by atoms with Gasteiger partial charge in [0.05, 0.1) is 6.54 Å². The van der Waals surface area contributed by atoms with Gasteiger partial charge in [0, 0.05) is 38.1 Å². The maximum atomic E-state index is 12.4. The molecule has 1 heterocycles. The molecule has 2 fully saturated rings. The first-order valence-electron chi connectivity index (χ1n) is 10.5. The number of aryl methyl sites for hydroxylation is 2. The van der Waals surface area contributed by atoms with Gasteiger partial charge in [-0.3, -0.25) is 4.79 Å². The minimum atomic E-state index is 0. The Labute approximate surface area is 192 Å². The van der Waals surface area contributed by atoms with Crippen LogP contribution >= 0.6 is 24.8 Å². The first-order valence-corrected chi connectivity index (χ1v) is 10.5. The largest absolute Gasteiger partial charge is 0.339 e. The summed E-state index contributed by atoms with van der Waals surface area (Å²) in [5.74, 6) is 0.804. The van der Waals surface area contributed by atoms with Crippen molar-refractivity contribution in [1.29, 1.82) is 0 Å². The lowest BCUT2D eigenvalue weighted by Crippen LogP contribution is -2.49. The van der Waals surface area contributed by atoms with Crippen molar-refractivity contribution >= 4 is 30.7 Å². The predicted molar refractivity (Wildman–Crippen MR) is 128 cm³/mol. The van der Waals surface area contributed by atoms with Crippen molar-refractivity contribution in [3.63, 3.8) is 0 Å². The first-order chi connectivity index (χ1) is 13.7. The number of hydrogen-bond acceptors (Lipinski definition) is 3. The molecule has 0 bridgehead atoms. The predicted octanol–water partition coefficient (Wildman–Crippen LogP) is 3.53. The SMILES string of the molecule is CN1CCN(C(=O)CN[C@H]2CC2c2ccc(CCc3ccccc3)cc2)CC1.Cl.Cl. The molecule has 1 N–H and O–H groups in total. The Hall–Kier alpha value is -1.59. The summed E-state index contributed by atoms with van der Waals surface area (Å²) in [5.41, 5.74) is 4.18. The zero-order valence-electron chi connectivity index (χ0n) is 17.6. The highest BCUT2D eigenvalue weighted by Gasteiger charge is 2.38. The highest BCUT2D eigenvalue weighted by Crippen LogP contribution is 2.40. The quantitative estimate of drug-likeness (QED) is 0.701. The normalized spacial score (nSPS) is 20.8. The lowest BCUT2D eigenvalue weighted by Gasteiger charge is -2.32. The van der Waals surface area contributed by atoms with Gasteiger partial charge in [-0.25, -0.2) is 0 Å². The Morgan fingerprint density at radius 2 is 1.50 bits per heavy atom. The van der Waals surface area contributed by atoms with E-state index in [1.54, 1.807) is 0 Å². The van der Waals surface area contributed by atoms with Crippen molar-refractivity contribution < 1.29 is 4.79 Å². The smallest absolute Gasteiger partial charge is 0.236 e. The van der Waals surface area contributed by atoms with Gasteiger partial charge >= 0.3 is 0 Å². The molecule has 30 heavy (non-hydrogen) atoms. The van der Waals surface area contributed by atoms with Gasteiger partial charge in [-0.2, -0.15) is 0 Å². The van der Waals surface area contributed by atoms with Gasteiger partial charge in [-0.1, -0.05) is 54.6 Å². The molecule has 0 aromatic heterocycles. The summed E-state index contributed by atoms with van der Waals surface area (Å²) in [6.07, 6.45) is 3.30. The number of halogens is 2. The lowest BCUT2D eigenvalue weighted by molar-refractivity contribution is -0.131. The van der Waals surface area contributed by atoms with Gasteiger partial charge in [0.15, 0.2) is 0 Å². The van der Waals surface area contributed by atoms with E-state index in [-0.39, 0.29) is 30.7 Å². The second kappa shape index (κ2) is 11.7. The molecule has 1 aliphatic heterocycles. The van der Waals surface area contributed by atoms with Crippen LogP contribution in [0.2, 0.25) is 0 Å². The third kappa shape index (κ3) is 6.71. The number of hydrogen-bond donors (Lipinski definition) is 1. The number of nitrogens with zero attached hydrogens (tertiary/aromatic N) is 2. The minimum absolute atomic E-state index is 0. The van der Waals surface area contributed by atoms with E-state index >= 15 is 0 Å². The van der Waals surface area contributed by atoms with Crippen molar-refractivity contribution in [2.45, 2.75) is 31.2 Å². The fourth-order valence-corrected chi connectivity index (χ4v) is 4.04.